The van der Waals surface area contributed by atoms with Crippen molar-refractivity contribution in [2.75, 3.05) is 13.2 Å². The number of unbranched alkanes of at least 4 members (excludes halogenated alkanes) is 28. The van der Waals surface area contributed by atoms with Crippen LogP contribution in [0.1, 0.15) is 266 Å². The van der Waals surface area contributed by atoms with Gasteiger partial charge >= 0.3 is 17.9 Å². The van der Waals surface area contributed by atoms with Crippen molar-refractivity contribution in [1.82, 2.24) is 0 Å². The monoisotopic (exact) mass is 779 g/mol. The van der Waals surface area contributed by atoms with Gasteiger partial charge in [-0.3, -0.25) is 14.4 Å². The summed E-state index contributed by atoms with van der Waals surface area (Å²) in [6, 6.07) is 0. The maximum atomic E-state index is 12.7. The Morgan fingerprint density at radius 1 is 0.345 bits per heavy atom. The molecule has 0 heterocycles. The highest BCUT2D eigenvalue weighted by Gasteiger charge is 2.19. The van der Waals surface area contributed by atoms with Crippen molar-refractivity contribution in [3.63, 3.8) is 0 Å². The molecule has 0 saturated carbocycles. The lowest BCUT2D eigenvalue weighted by Crippen LogP contribution is -2.30. The Kier molecular flexibility index (Phi) is 40.8. The molecule has 0 bridgehead atoms. The Bertz CT molecular complexity index is 839. The summed E-state index contributed by atoms with van der Waals surface area (Å²) in [5.74, 6) is 0.781. The quantitative estimate of drug-likeness (QED) is 0.0348. The first-order valence-corrected chi connectivity index (χ1v) is 24.2. The lowest BCUT2D eigenvalue weighted by Gasteiger charge is -2.18. The molecule has 0 fully saturated rings. The summed E-state index contributed by atoms with van der Waals surface area (Å²) in [4.78, 5) is 37.8. The van der Waals surface area contributed by atoms with E-state index in [0.717, 1.165) is 69.6 Å². The van der Waals surface area contributed by atoms with Crippen LogP contribution in [0, 0.1) is 11.8 Å². The molecule has 0 unspecified atom stereocenters. The minimum Gasteiger partial charge on any atom is -0.462 e. The van der Waals surface area contributed by atoms with Crippen LogP contribution in [0.2, 0.25) is 0 Å². The molecule has 0 saturated heterocycles. The minimum absolute atomic E-state index is 0.0644. The van der Waals surface area contributed by atoms with Gasteiger partial charge in [-0.15, -0.1) is 0 Å². The molecular weight excluding hydrogens is 685 g/mol. The Balaban J connectivity index is 4.33. The van der Waals surface area contributed by atoms with Gasteiger partial charge in [0, 0.05) is 19.3 Å². The van der Waals surface area contributed by atoms with E-state index >= 15 is 0 Å². The van der Waals surface area contributed by atoms with E-state index in [1.54, 1.807) is 0 Å². The summed E-state index contributed by atoms with van der Waals surface area (Å²) >= 11 is 0. The minimum atomic E-state index is -0.761. The van der Waals surface area contributed by atoms with Crippen LogP contribution >= 0.6 is 0 Å². The van der Waals surface area contributed by atoms with E-state index in [1.807, 2.05) is 0 Å². The molecule has 0 aliphatic heterocycles. The second kappa shape index (κ2) is 42.0. The first-order valence-electron chi connectivity index (χ1n) is 24.2. The molecule has 0 aliphatic carbocycles. The average molecular weight is 779 g/mol. The molecule has 0 aromatic rings. The molecule has 0 aromatic carbocycles. The number of carbonyl (C=O) groups excluding carboxylic acids is 3. The van der Waals surface area contributed by atoms with E-state index in [-0.39, 0.29) is 31.1 Å². The first-order chi connectivity index (χ1) is 26.7. The van der Waals surface area contributed by atoms with Crippen molar-refractivity contribution < 1.29 is 28.6 Å². The van der Waals surface area contributed by atoms with Crippen molar-refractivity contribution in [1.29, 1.82) is 0 Å². The van der Waals surface area contributed by atoms with Crippen LogP contribution < -0.4 is 0 Å². The highest BCUT2D eigenvalue weighted by atomic mass is 16.6. The normalized spacial score (nSPS) is 12.1. The van der Waals surface area contributed by atoms with Crippen molar-refractivity contribution >= 4 is 17.9 Å². The van der Waals surface area contributed by atoms with Gasteiger partial charge in [-0.05, 0) is 31.1 Å². The van der Waals surface area contributed by atoms with E-state index in [0.29, 0.717) is 19.3 Å². The van der Waals surface area contributed by atoms with E-state index < -0.39 is 6.10 Å². The van der Waals surface area contributed by atoms with Crippen LogP contribution in [0.5, 0.6) is 0 Å². The van der Waals surface area contributed by atoms with Gasteiger partial charge in [0.1, 0.15) is 13.2 Å². The maximum Gasteiger partial charge on any atom is 0.306 e. The van der Waals surface area contributed by atoms with Crippen molar-refractivity contribution in [3.05, 3.63) is 0 Å². The SMILES string of the molecule is CCCCCCCCCCCCCC(=O)OC[C@H](COC(=O)CCCCCCCCCCCCC(C)C)OC(=O)CCCCCCCCCCCCC(C)C. The molecule has 0 aromatic heterocycles. The van der Waals surface area contributed by atoms with Gasteiger partial charge in [-0.1, -0.05) is 227 Å². The largest absolute Gasteiger partial charge is 0.462 e. The summed E-state index contributed by atoms with van der Waals surface area (Å²) < 4.78 is 16.8. The van der Waals surface area contributed by atoms with Crippen LogP contribution in [-0.4, -0.2) is 37.2 Å². The van der Waals surface area contributed by atoms with E-state index in [2.05, 4.69) is 34.6 Å². The summed E-state index contributed by atoms with van der Waals surface area (Å²) in [6.45, 7) is 11.3. The summed E-state index contributed by atoms with van der Waals surface area (Å²) in [5, 5.41) is 0. The van der Waals surface area contributed by atoms with Gasteiger partial charge in [-0.25, -0.2) is 0 Å². The number of hydrogen-bond acceptors (Lipinski definition) is 6. The highest BCUT2D eigenvalue weighted by Crippen LogP contribution is 2.17. The van der Waals surface area contributed by atoms with Crippen LogP contribution in [-0.2, 0) is 28.6 Å². The Morgan fingerprint density at radius 2 is 0.600 bits per heavy atom. The van der Waals surface area contributed by atoms with Crippen molar-refractivity contribution in [3.8, 4) is 0 Å². The first kappa shape index (κ1) is 53.4. The van der Waals surface area contributed by atoms with Crippen molar-refractivity contribution in [2.45, 2.75) is 272 Å². The lowest BCUT2D eigenvalue weighted by atomic mass is 10.0. The molecule has 0 rings (SSSR count). The fraction of sp³-hybridized carbons (Fsp3) is 0.939. The Labute approximate surface area is 342 Å². The molecule has 0 N–H and O–H groups in total. The predicted octanol–water partition coefficient (Wildman–Crippen LogP) is 15.4. The number of hydrogen-bond donors (Lipinski definition) is 0. The summed E-state index contributed by atoms with van der Waals surface area (Å²) in [5.41, 5.74) is 0. The zero-order valence-corrected chi connectivity index (χ0v) is 37.6. The third-order valence-electron chi connectivity index (χ3n) is 11.0. The van der Waals surface area contributed by atoms with Crippen molar-refractivity contribution in [2.24, 2.45) is 11.8 Å². The second-order valence-corrected chi connectivity index (χ2v) is 17.7. The van der Waals surface area contributed by atoms with E-state index in [4.69, 9.17) is 14.2 Å². The standard InChI is InChI=1S/C49H94O6/c1-6-7-8-9-10-11-12-19-24-29-34-39-47(50)53-42-46(55-49(52)41-36-31-26-21-16-14-18-23-28-33-38-45(4)5)43-54-48(51)40-35-30-25-20-15-13-17-22-27-32-37-44(2)3/h44-46H,6-43H2,1-5H3/t46-/m1/s1. The van der Waals surface area contributed by atoms with Crippen LogP contribution in [0.25, 0.3) is 0 Å². The van der Waals surface area contributed by atoms with Gasteiger partial charge < -0.3 is 14.2 Å². The molecule has 1 atom stereocenters. The molecule has 6 heteroatoms. The van der Waals surface area contributed by atoms with E-state index in [9.17, 15) is 14.4 Å². The fourth-order valence-electron chi connectivity index (χ4n) is 7.28. The molecule has 0 amide bonds. The zero-order chi connectivity index (χ0) is 40.5. The number of ether oxygens (including phenoxy) is 3. The molecule has 0 spiro atoms. The van der Waals surface area contributed by atoms with Crippen LogP contribution in [0.15, 0.2) is 0 Å². The zero-order valence-electron chi connectivity index (χ0n) is 37.6. The average Bonchev–Trinajstić information content (AvgIpc) is 3.15. The Morgan fingerprint density at radius 3 is 0.891 bits per heavy atom. The molecule has 6 nitrogen and oxygen atoms in total. The van der Waals surface area contributed by atoms with Gasteiger partial charge in [0.25, 0.3) is 0 Å². The number of esters is 3. The van der Waals surface area contributed by atoms with Gasteiger partial charge in [0.15, 0.2) is 6.10 Å². The maximum absolute atomic E-state index is 12.7. The van der Waals surface area contributed by atoms with Gasteiger partial charge in [0.05, 0.1) is 0 Å². The van der Waals surface area contributed by atoms with Crippen LogP contribution in [0.4, 0.5) is 0 Å². The predicted molar refractivity (Wildman–Crippen MR) is 233 cm³/mol. The number of carbonyl (C=O) groups is 3. The topological polar surface area (TPSA) is 78.9 Å². The fourth-order valence-corrected chi connectivity index (χ4v) is 7.28. The third kappa shape index (κ3) is 43.4. The molecule has 0 radical (unpaired) electrons. The lowest BCUT2D eigenvalue weighted by molar-refractivity contribution is -0.167. The molecule has 326 valence electrons. The van der Waals surface area contributed by atoms with Gasteiger partial charge in [0.2, 0.25) is 0 Å². The number of rotatable bonds is 43. The van der Waals surface area contributed by atoms with Crippen LogP contribution in [0.3, 0.4) is 0 Å². The summed E-state index contributed by atoms with van der Waals surface area (Å²) in [6.07, 6.45) is 40.8. The molecule has 55 heavy (non-hydrogen) atoms. The highest BCUT2D eigenvalue weighted by molar-refractivity contribution is 5.71. The third-order valence-corrected chi connectivity index (χ3v) is 11.0. The molecular formula is C49H94O6. The van der Waals surface area contributed by atoms with Gasteiger partial charge in [-0.2, -0.15) is 0 Å². The second-order valence-electron chi connectivity index (χ2n) is 17.7. The molecule has 0 aliphatic rings. The Hall–Kier alpha value is -1.59. The van der Waals surface area contributed by atoms with E-state index in [1.165, 1.54) is 154 Å². The summed E-state index contributed by atoms with van der Waals surface area (Å²) in [7, 11) is 0. The smallest absolute Gasteiger partial charge is 0.306 e.